The van der Waals surface area contributed by atoms with Gasteiger partial charge in [0.15, 0.2) is 5.89 Å². The Bertz CT molecular complexity index is 310. The maximum Gasteiger partial charge on any atom is 0.216 e. The van der Waals surface area contributed by atoms with Crippen molar-refractivity contribution >= 4 is 11.8 Å². The van der Waals surface area contributed by atoms with Crippen LogP contribution in [0.25, 0.3) is 0 Å². The summed E-state index contributed by atoms with van der Waals surface area (Å²) in [6.45, 7) is 8.89. The molecule has 2 N–H and O–H groups in total. The molecule has 17 heavy (non-hydrogen) atoms. The third-order valence-electron chi connectivity index (χ3n) is 1.90. The number of nitrogens with zero attached hydrogens (tertiary/aromatic N) is 1. The molecule has 0 fully saturated rings. The van der Waals surface area contributed by atoms with Crippen molar-refractivity contribution in [2.24, 2.45) is 0 Å². The number of carbonyl (C=O) groups is 1. The van der Waals surface area contributed by atoms with Crippen LogP contribution in [0.3, 0.4) is 0 Å². The minimum atomic E-state index is 0.0221. The summed E-state index contributed by atoms with van der Waals surface area (Å²) in [7, 11) is 0. The number of nitrogens with one attached hydrogen (secondary N) is 2. The average molecular weight is 241 g/mol. The van der Waals surface area contributed by atoms with Crippen LogP contribution < -0.4 is 10.6 Å². The molecule has 1 aromatic rings. The van der Waals surface area contributed by atoms with Crippen molar-refractivity contribution in [3.63, 3.8) is 0 Å². The van der Waals surface area contributed by atoms with Gasteiger partial charge < -0.3 is 15.1 Å². The third-order valence-corrected chi connectivity index (χ3v) is 1.90. The minimum absolute atomic E-state index is 0.0221. The lowest BCUT2D eigenvalue weighted by atomic mass is 10.3. The van der Waals surface area contributed by atoms with Gasteiger partial charge in [0.25, 0.3) is 0 Å². The molecule has 1 aromatic heterocycles. The molecular formula is C12H23N3O2. The van der Waals surface area contributed by atoms with Gasteiger partial charge >= 0.3 is 0 Å². The van der Waals surface area contributed by atoms with Gasteiger partial charge in [0.1, 0.15) is 0 Å². The van der Waals surface area contributed by atoms with Crippen LogP contribution in [-0.2, 0) is 4.79 Å². The molecule has 98 valence electrons. The molecule has 1 rings (SSSR count). The van der Waals surface area contributed by atoms with Crippen LogP contribution in [0.4, 0.5) is 5.88 Å². The molecule has 0 saturated carbocycles. The fourth-order valence-electron chi connectivity index (χ4n) is 1.17. The van der Waals surface area contributed by atoms with Gasteiger partial charge in [-0.1, -0.05) is 13.8 Å². The standard InChI is InChI=1S/C10H17N3O2.C2H6/c1-8(14)11-5-3-4-6-12-10-7-13-9(2)15-10;1-2/h7,12H,3-6H2,1-2H3,(H,11,14);1-2H3. The van der Waals surface area contributed by atoms with E-state index in [2.05, 4.69) is 15.6 Å². The molecule has 0 radical (unpaired) electrons. The highest BCUT2D eigenvalue weighted by Gasteiger charge is 1.97. The van der Waals surface area contributed by atoms with E-state index in [0.29, 0.717) is 11.8 Å². The molecule has 1 heterocycles. The lowest BCUT2D eigenvalue weighted by Crippen LogP contribution is -2.21. The summed E-state index contributed by atoms with van der Waals surface area (Å²) >= 11 is 0. The number of hydrogen-bond donors (Lipinski definition) is 2. The molecule has 0 bridgehead atoms. The Labute approximate surface area is 103 Å². The predicted octanol–water partition coefficient (Wildman–Crippen LogP) is 2.34. The highest BCUT2D eigenvalue weighted by molar-refractivity contribution is 5.72. The van der Waals surface area contributed by atoms with Crippen LogP contribution in [0.2, 0.25) is 0 Å². The SMILES string of the molecule is CC.CC(=O)NCCCCNc1cnc(C)o1. The normalized spacial score (nSPS) is 9.18. The van der Waals surface area contributed by atoms with Crippen molar-refractivity contribution < 1.29 is 9.21 Å². The number of aryl methyl sites for hydroxylation is 1. The first-order chi connectivity index (χ1) is 8.18. The van der Waals surface area contributed by atoms with Crippen LogP contribution >= 0.6 is 0 Å². The molecule has 5 nitrogen and oxygen atoms in total. The van der Waals surface area contributed by atoms with Gasteiger partial charge in [-0.05, 0) is 12.8 Å². The van der Waals surface area contributed by atoms with E-state index in [0.717, 1.165) is 25.9 Å². The molecule has 0 aliphatic heterocycles. The number of hydrogen-bond acceptors (Lipinski definition) is 4. The summed E-state index contributed by atoms with van der Waals surface area (Å²) in [5, 5.41) is 5.86. The van der Waals surface area contributed by atoms with Crippen molar-refractivity contribution in [1.82, 2.24) is 10.3 Å². The van der Waals surface area contributed by atoms with E-state index in [4.69, 9.17) is 4.42 Å². The molecule has 0 unspecified atom stereocenters. The minimum Gasteiger partial charge on any atom is -0.426 e. The number of unbranched alkanes of at least 4 members (excludes halogenated alkanes) is 1. The van der Waals surface area contributed by atoms with Gasteiger partial charge in [0.2, 0.25) is 11.8 Å². The second-order valence-corrected chi connectivity index (χ2v) is 3.36. The maximum atomic E-state index is 10.6. The van der Waals surface area contributed by atoms with Crippen LogP contribution in [0.5, 0.6) is 0 Å². The molecular weight excluding hydrogens is 218 g/mol. The Morgan fingerprint density at radius 1 is 1.35 bits per heavy atom. The molecule has 0 aromatic carbocycles. The van der Waals surface area contributed by atoms with E-state index in [-0.39, 0.29) is 5.91 Å². The van der Waals surface area contributed by atoms with E-state index in [1.807, 2.05) is 20.8 Å². The average Bonchev–Trinajstić information content (AvgIpc) is 2.72. The van der Waals surface area contributed by atoms with Gasteiger partial charge in [0.05, 0.1) is 6.20 Å². The first-order valence-corrected chi connectivity index (χ1v) is 6.09. The second kappa shape index (κ2) is 9.69. The Morgan fingerprint density at radius 3 is 2.53 bits per heavy atom. The van der Waals surface area contributed by atoms with Crippen LogP contribution in [0.1, 0.15) is 39.5 Å². The molecule has 0 atom stereocenters. The zero-order valence-electron chi connectivity index (χ0n) is 11.2. The quantitative estimate of drug-likeness (QED) is 0.750. The number of anilines is 1. The fraction of sp³-hybridized carbons (Fsp3) is 0.667. The van der Waals surface area contributed by atoms with E-state index in [1.54, 1.807) is 6.20 Å². The van der Waals surface area contributed by atoms with Crippen molar-refractivity contribution in [3.05, 3.63) is 12.1 Å². The molecule has 0 spiro atoms. The van der Waals surface area contributed by atoms with E-state index in [9.17, 15) is 4.79 Å². The Balaban J connectivity index is 0.00000121. The lowest BCUT2D eigenvalue weighted by molar-refractivity contribution is -0.118. The summed E-state index contributed by atoms with van der Waals surface area (Å²) in [4.78, 5) is 14.5. The monoisotopic (exact) mass is 241 g/mol. The molecule has 5 heteroatoms. The number of amides is 1. The summed E-state index contributed by atoms with van der Waals surface area (Å²) in [5.41, 5.74) is 0. The zero-order valence-corrected chi connectivity index (χ0v) is 11.2. The van der Waals surface area contributed by atoms with Gasteiger partial charge in [-0.15, -0.1) is 0 Å². The van der Waals surface area contributed by atoms with Crippen LogP contribution in [0.15, 0.2) is 10.6 Å². The predicted molar refractivity (Wildman–Crippen MR) is 69.0 cm³/mol. The van der Waals surface area contributed by atoms with Gasteiger partial charge in [-0.3, -0.25) is 4.79 Å². The lowest BCUT2D eigenvalue weighted by Gasteiger charge is -2.03. The highest BCUT2D eigenvalue weighted by Crippen LogP contribution is 2.07. The Hall–Kier alpha value is -1.52. The van der Waals surface area contributed by atoms with Gasteiger partial charge in [-0.25, -0.2) is 4.98 Å². The Morgan fingerprint density at radius 2 is 2.00 bits per heavy atom. The molecule has 0 saturated heterocycles. The summed E-state index contributed by atoms with van der Waals surface area (Å²) in [5.74, 6) is 1.39. The van der Waals surface area contributed by atoms with Crippen molar-refractivity contribution in [2.45, 2.75) is 40.5 Å². The number of rotatable bonds is 6. The molecule has 0 aliphatic rings. The maximum absolute atomic E-state index is 10.6. The topological polar surface area (TPSA) is 67.2 Å². The van der Waals surface area contributed by atoms with Crippen LogP contribution in [-0.4, -0.2) is 24.0 Å². The number of carbonyl (C=O) groups excluding carboxylic acids is 1. The van der Waals surface area contributed by atoms with Gasteiger partial charge in [0, 0.05) is 26.9 Å². The third kappa shape index (κ3) is 8.30. The second-order valence-electron chi connectivity index (χ2n) is 3.36. The summed E-state index contributed by atoms with van der Waals surface area (Å²) in [6.07, 6.45) is 3.61. The van der Waals surface area contributed by atoms with E-state index in [1.165, 1.54) is 6.92 Å². The van der Waals surface area contributed by atoms with E-state index < -0.39 is 0 Å². The van der Waals surface area contributed by atoms with E-state index >= 15 is 0 Å². The number of oxazole rings is 1. The highest BCUT2D eigenvalue weighted by atomic mass is 16.4. The van der Waals surface area contributed by atoms with Crippen molar-refractivity contribution in [2.75, 3.05) is 18.4 Å². The molecule has 1 amide bonds. The first kappa shape index (κ1) is 15.5. The van der Waals surface area contributed by atoms with Crippen molar-refractivity contribution in [1.29, 1.82) is 0 Å². The summed E-state index contributed by atoms with van der Waals surface area (Å²) in [6, 6.07) is 0. The number of aromatic nitrogens is 1. The smallest absolute Gasteiger partial charge is 0.216 e. The van der Waals surface area contributed by atoms with Gasteiger partial charge in [-0.2, -0.15) is 0 Å². The van der Waals surface area contributed by atoms with Crippen molar-refractivity contribution in [3.8, 4) is 0 Å². The Kier molecular flexibility index (Phi) is 8.82. The van der Waals surface area contributed by atoms with Crippen LogP contribution in [0, 0.1) is 6.92 Å². The first-order valence-electron chi connectivity index (χ1n) is 6.09. The molecule has 0 aliphatic carbocycles. The largest absolute Gasteiger partial charge is 0.426 e. The summed E-state index contributed by atoms with van der Waals surface area (Å²) < 4.78 is 5.24. The fourth-order valence-corrected chi connectivity index (χ4v) is 1.17. The zero-order chi connectivity index (χ0) is 13.1.